The first kappa shape index (κ1) is 25.6. The summed E-state index contributed by atoms with van der Waals surface area (Å²) in [7, 11) is -3.73. The monoisotopic (exact) mass is 502 g/mol. The average molecular weight is 503 g/mol. The standard InChI is InChI=1S/C25H27FN2O4S2/c1-19(25(29)27-16-17-33-18-20-8-6-7-11-24(20)26)28(34(2,30)31)21-12-14-23(15-13-21)32-22-9-4-3-5-10-22/h3-15,19H,16-18H2,1-2H3,(H,27,29)/t19-/m0/s1. The summed E-state index contributed by atoms with van der Waals surface area (Å²) >= 11 is 1.49. The van der Waals surface area contributed by atoms with Crippen LogP contribution >= 0.6 is 11.8 Å². The van der Waals surface area contributed by atoms with Crippen molar-refractivity contribution >= 4 is 33.4 Å². The minimum absolute atomic E-state index is 0.253. The van der Waals surface area contributed by atoms with E-state index in [1.807, 2.05) is 30.3 Å². The Balaban J connectivity index is 1.57. The molecule has 0 aliphatic heterocycles. The van der Waals surface area contributed by atoms with E-state index in [0.29, 0.717) is 40.8 Å². The van der Waals surface area contributed by atoms with Gasteiger partial charge in [-0.2, -0.15) is 11.8 Å². The van der Waals surface area contributed by atoms with E-state index in [0.717, 1.165) is 10.6 Å². The fourth-order valence-electron chi connectivity index (χ4n) is 3.29. The Kier molecular flexibility index (Phi) is 8.95. The highest BCUT2D eigenvalue weighted by molar-refractivity contribution is 7.98. The maximum Gasteiger partial charge on any atom is 0.243 e. The van der Waals surface area contributed by atoms with Crippen LogP contribution in [0.1, 0.15) is 12.5 Å². The molecule has 1 N–H and O–H groups in total. The Hall–Kier alpha value is -3.04. The quantitative estimate of drug-likeness (QED) is 0.381. The molecule has 0 aliphatic rings. The number of benzene rings is 3. The lowest BCUT2D eigenvalue weighted by Crippen LogP contribution is -2.48. The number of carbonyl (C=O) groups excluding carboxylic acids is 1. The normalized spacial score (nSPS) is 12.1. The lowest BCUT2D eigenvalue weighted by Gasteiger charge is -2.28. The van der Waals surface area contributed by atoms with Crippen LogP contribution in [0.4, 0.5) is 10.1 Å². The van der Waals surface area contributed by atoms with Crippen molar-refractivity contribution < 1.29 is 22.3 Å². The lowest BCUT2D eigenvalue weighted by atomic mass is 10.2. The van der Waals surface area contributed by atoms with E-state index in [2.05, 4.69) is 5.32 Å². The minimum Gasteiger partial charge on any atom is -0.457 e. The molecule has 1 amide bonds. The van der Waals surface area contributed by atoms with E-state index >= 15 is 0 Å². The molecule has 0 heterocycles. The lowest BCUT2D eigenvalue weighted by molar-refractivity contribution is -0.121. The molecule has 0 spiro atoms. The number of ether oxygens (including phenoxy) is 1. The van der Waals surface area contributed by atoms with Crippen LogP contribution in [0.15, 0.2) is 78.9 Å². The number of nitrogens with one attached hydrogen (secondary N) is 1. The Bertz CT molecular complexity index is 1190. The molecular formula is C25H27FN2O4S2. The van der Waals surface area contributed by atoms with E-state index < -0.39 is 22.0 Å². The molecule has 0 saturated carbocycles. The van der Waals surface area contributed by atoms with Crippen LogP contribution in [0, 0.1) is 5.82 Å². The van der Waals surface area contributed by atoms with Crippen LogP contribution in [0.5, 0.6) is 11.5 Å². The highest BCUT2D eigenvalue weighted by Gasteiger charge is 2.29. The Labute approximate surface area is 204 Å². The second kappa shape index (κ2) is 11.9. The predicted octanol–water partition coefficient (Wildman–Crippen LogP) is 4.82. The minimum atomic E-state index is -3.73. The number of anilines is 1. The number of rotatable bonds is 11. The van der Waals surface area contributed by atoms with Gasteiger partial charge in [-0.3, -0.25) is 9.10 Å². The largest absolute Gasteiger partial charge is 0.457 e. The maximum absolute atomic E-state index is 13.7. The summed E-state index contributed by atoms with van der Waals surface area (Å²) in [4.78, 5) is 12.7. The molecule has 9 heteroatoms. The summed E-state index contributed by atoms with van der Waals surface area (Å²) in [6.07, 6.45) is 1.06. The average Bonchev–Trinajstić information content (AvgIpc) is 2.81. The van der Waals surface area contributed by atoms with Crippen LogP contribution in [-0.2, 0) is 20.6 Å². The third-order valence-corrected chi connectivity index (χ3v) is 7.17. The number of para-hydroxylation sites is 1. The molecule has 6 nitrogen and oxygen atoms in total. The molecule has 3 rings (SSSR count). The zero-order valence-electron chi connectivity index (χ0n) is 19.0. The van der Waals surface area contributed by atoms with Gasteiger partial charge in [0.05, 0.1) is 11.9 Å². The van der Waals surface area contributed by atoms with Crippen molar-refractivity contribution in [3.8, 4) is 11.5 Å². The Morgan fingerprint density at radius 2 is 1.62 bits per heavy atom. The molecule has 0 unspecified atom stereocenters. The van der Waals surface area contributed by atoms with Crippen molar-refractivity contribution in [3.05, 3.63) is 90.2 Å². The van der Waals surface area contributed by atoms with Crippen molar-refractivity contribution in [1.29, 1.82) is 0 Å². The number of hydrogen-bond donors (Lipinski definition) is 1. The van der Waals surface area contributed by atoms with Crippen LogP contribution < -0.4 is 14.4 Å². The maximum atomic E-state index is 13.7. The van der Waals surface area contributed by atoms with E-state index in [4.69, 9.17) is 4.74 Å². The molecule has 3 aromatic rings. The molecule has 0 aliphatic carbocycles. The third kappa shape index (κ3) is 7.23. The Morgan fingerprint density at radius 3 is 2.26 bits per heavy atom. The van der Waals surface area contributed by atoms with Gasteiger partial charge in [-0.1, -0.05) is 36.4 Å². The number of hydrogen-bond acceptors (Lipinski definition) is 5. The summed E-state index contributed by atoms with van der Waals surface area (Å²) in [6.45, 7) is 1.88. The second-order valence-corrected chi connectivity index (χ2v) is 10.5. The van der Waals surface area contributed by atoms with Gasteiger partial charge in [0, 0.05) is 18.1 Å². The van der Waals surface area contributed by atoms with Gasteiger partial charge in [-0.25, -0.2) is 12.8 Å². The molecule has 0 aromatic heterocycles. The Morgan fingerprint density at radius 1 is 1.00 bits per heavy atom. The predicted molar refractivity (Wildman–Crippen MR) is 135 cm³/mol. The van der Waals surface area contributed by atoms with Gasteiger partial charge >= 0.3 is 0 Å². The van der Waals surface area contributed by atoms with Gasteiger partial charge in [0.25, 0.3) is 0 Å². The van der Waals surface area contributed by atoms with Gasteiger partial charge in [-0.15, -0.1) is 0 Å². The fraction of sp³-hybridized carbons (Fsp3) is 0.240. The third-order valence-electron chi connectivity index (χ3n) is 4.92. The van der Waals surface area contributed by atoms with Crippen LogP contribution in [0.2, 0.25) is 0 Å². The topological polar surface area (TPSA) is 75.7 Å². The second-order valence-electron chi connectivity index (χ2n) is 7.58. The first-order valence-corrected chi connectivity index (χ1v) is 13.7. The first-order chi connectivity index (χ1) is 16.3. The molecular weight excluding hydrogens is 475 g/mol. The van der Waals surface area contributed by atoms with E-state index in [1.54, 1.807) is 42.5 Å². The molecule has 0 radical (unpaired) electrons. The molecule has 180 valence electrons. The van der Waals surface area contributed by atoms with Gasteiger partial charge in [0.1, 0.15) is 23.4 Å². The van der Waals surface area contributed by atoms with Gasteiger partial charge in [0.15, 0.2) is 0 Å². The molecule has 0 fully saturated rings. The smallest absolute Gasteiger partial charge is 0.243 e. The van der Waals surface area contributed by atoms with E-state index in [-0.39, 0.29) is 5.82 Å². The van der Waals surface area contributed by atoms with Crippen LogP contribution in [0.25, 0.3) is 0 Å². The van der Waals surface area contributed by atoms with Crippen LogP contribution in [0.3, 0.4) is 0 Å². The highest BCUT2D eigenvalue weighted by Crippen LogP contribution is 2.27. The van der Waals surface area contributed by atoms with Crippen LogP contribution in [-0.4, -0.2) is 38.9 Å². The van der Waals surface area contributed by atoms with Crippen molar-refractivity contribution in [2.75, 3.05) is 22.9 Å². The summed E-state index contributed by atoms with van der Waals surface area (Å²) in [5.74, 6) is 1.60. The fourth-order valence-corrected chi connectivity index (χ4v) is 5.31. The van der Waals surface area contributed by atoms with Crippen molar-refractivity contribution in [1.82, 2.24) is 5.32 Å². The zero-order chi connectivity index (χ0) is 24.6. The number of halogens is 1. The molecule has 1 atom stereocenters. The number of amides is 1. The zero-order valence-corrected chi connectivity index (χ0v) is 20.6. The van der Waals surface area contributed by atoms with Crippen molar-refractivity contribution in [2.45, 2.75) is 18.7 Å². The first-order valence-electron chi connectivity index (χ1n) is 10.7. The number of thioether (sulfide) groups is 1. The molecule has 0 saturated heterocycles. The molecule has 3 aromatic carbocycles. The van der Waals surface area contributed by atoms with Crippen molar-refractivity contribution in [3.63, 3.8) is 0 Å². The molecule has 34 heavy (non-hydrogen) atoms. The van der Waals surface area contributed by atoms with E-state index in [1.165, 1.54) is 24.8 Å². The number of sulfonamides is 1. The number of carbonyl (C=O) groups is 1. The van der Waals surface area contributed by atoms with Crippen molar-refractivity contribution in [2.24, 2.45) is 0 Å². The summed E-state index contributed by atoms with van der Waals surface area (Å²) in [5, 5.41) is 2.77. The molecule has 0 bridgehead atoms. The summed E-state index contributed by atoms with van der Waals surface area (Å²) in [5.41, 5.74) is 0.967. The summed E-state index contributed by atoms with van der Waals surface area (Å²) < 4.78 is 45.5. The van der Waals surface area contributed by atoms with Gasteiger partial charge in [0.2, 0.25) is 15.9 Å². The highest BCUT2D eigenvalue weighted by atomic mass is 32.2. The van der Waals surface area contributed by atoms with Gasteiger partial charge in [-0.05, 0) is 55.0 Å². The van der Waals surface area contributed by atoms with Gasteiger partial charge < -0.3 is 10.1 Å². The summed E-state index contributed by atoms with van der Waals surface area (Å²) in [6, 6.07) is 21.4. The number of nitrogens with zero attached hydrogens (tertiary/aromatic N) is 1. The SMILES string of the molecule is C[C@@H](C(=O)NCCSCc1ccccc1F)N(c1ccc(Oc2ccccc2)cc1)S(C)(=O)=O. The van der Waals surface area contributed by atoms with E-state index in [9.17, 15) is 17.6 Å².